The Morgan fingerprint density at radius 3 is 2.39 bits per heavy atom. The van der Waals surface area contributed by atoms with Gasteiger partial charge in [-0.05, 0) is 19.8 Å². The quantitative estimate of drug-likeness (QED) is 0.722. The van der Waals surface area contributed by atoms with Crippen molar-refractivity contribution in [3.05, 3.63) is 0 Å². The standard InChI is InChI=1S/C14H19F4N3O2/c1-8-6-21(12(23)14(16,17)18)13(2-3-13)7-20(8)11(22)10-4-9(15)5-19-10/h8-10,19H,2-7H2,1H3/t8-,9+,10+/m0/s1. The predicted molar refractivity (Wildman–Crippen MR) is 72.2 cm³/mol. The Labute approximate surface area is 131 Å². The molecule has 2 saturated heterocycles. The maximum Gasteiger partial charge on any atom is 0.471 e. The van der Waals surface area contributed by atoms with Crippen molar-refractivity contribution < 1.29 is 27.2 Å². The molecule has 0 bridgehead atoms. The molecular weight excluding hydrogens is 318 g/mol. The molecule has 0 radical (unpaired) electrons. The number of hydrogen-bond donors (Lipinski definition) is 1. The van der Waals surface area contributed by atoms with E-state index < -0.39 is 35.9 Å². The highest BCUT2D eigenvalue weighted by atomic mass is 19.4. The van der Waals surface area contributed by atoms with E-state index in [9.17, 15) is 27.2 Å². The summed E-state index contributed by atoms with van der Waals surface area (Å²) in [5.74, 6) is -2.13. The number of carbonyl (C=O) groups is 2. The van der Waals surface area contributed by atoms with Crippen LogP contribution in [-0.4, -0.2) is 71.2 Å². The van der Waals surface area contributed by atoms with E-state index in [1.807, 2.05) is 0 Å². The van der Waals surface area contributed by atoms with Crippen LogP contribution in [0.4, 0.5) is 17.6 Å². The highest BCUT2D eigenvalue weighted by molar-refractivity contribution is 5.85. The van der Waals surface area contributed by atoms with E-state index >= 15 is 0 Å². The number of alkyl halides is 4. The molecule has 2 amide bonds. The van der Waals surface area contributed by atoms with E-state index in [-0.39, 0.29) is 32.0 Å². The van der Waals surface area contributed by atoms with Crippen molar-refractivity contribution in [2.45, 2.75) is 56.2 Å². The molecule has 9 heteroatoms. The fraction of sp³-hybridized carbons (Fsp3) is 0.857. The van der Waals surface area contributed by atoms with Gasteiger partial charge in [0.05, 0.1) is 11.6 Å². The summed E-state index contributed by atoms with van der Waals surface area (Å²) in [6.07, 6.45) is -5.00. The fourth-order valence-electron chi connectivity index (χ4n) is 3.51. The summed E-state index contributed by atoms with van der Waals surface area (Å²) in [5.41, 5.74) is -0.900. The average Bonchev–Trinajstić information content (AvgIpc) is 3.10. The third-order valence-electron chi connectivity index (χ3n) is 4.99. The SMILES string of the molecule is C[C@H]1CN(C(=O)C(F)(F)F)C2(CC2)CN1C(=O)[C@H]1C[C@@H](F)CN1. The molecule has 1 spiro atoms. The maximum absolute atomic E-state index is 13.3. The van der Waals surface area contributed by atoms with Gasteiger partial charge in [-0.2, -0.15) is 13.2 Å². The topological polar surface area (TPSA) is 52.7 Å². The Bertz CT molecular complexity index is 521. The number of nitrogens with zero attached hydrogens (tertiary/aromatic N) is 2. The second-order valence-electron chi connectivity index (χ2n) is 6.75. The molecular formula is C14H19F4N3O2. The normalized spacial score (nSPS) is 33.2. The van der Waals surface area contributed by atoms with Crippen LogP contribution in [-0.2, 0) is 9.59 Å². The van der Waals surface area contributed by atoms with Gasteiger partial charge in [-0.1, -0.05) is 0 Å². The lowest BCUT2D eigenvalue weighted by Crippen LogP contribution is -2.65. The summed E-state index contributed by atoms with van der Waals surface area (Å²) in [6.45, 7) is 1.67. The number of halogens is 4. The van der Waals surface area contributed by atoms with Crippen LogP contribution < -0.4 is 5.32 Å². The zero-order valence-corrected chi connectivity index (χ0v) is 12.7. The molecule has 3 atom stereocenters. The molecule has 0 aromatic rings. The molecule has 3 fully saturated rings. The molecule has 5 nitrogen and oxygen atoms in total. The van der Waals surface area contributed by atoms with E-state index in [2.05, 4.69) is 5.32 Å². The van der Waals surface area contributed by atoms with Gasteiger partial charge in [0, 0.05) is 32.1 Å². The van der Waals surface area contributed by atoms with Gasteiger partial charge in [0.15, 0.2) is 0 Å². The van der Waals surface area contributed by atoms with Gasteiger partial charge in [0.25, 0.3) is 0 Å². The smallest absolute Gasteiger partial charge is 0.335 e. The number of hydrogen-bond acceptors (Lipinski definition) is 3. The summed E-state index contributed by atoms with van der Waals surface area (Å²) in [7, 11) is 0. The first-order chi connectivity index (χ1) is 10.6. The van der Waals surface area contributed by atoms with Crippen molar-refractivity contribution >= 4 is 11.8 Å². The molecule has 2 aliphatic heterocycles. The van der Waals surface area contributed by atoms with Gasteiger partial charge in [0.2, 0.25) is 5.91 Å². The number of rotatable bonds is 1. The lowest BCUT2D eigenvalue weighted by atomic mass is 10.0. The third-order valence-corrected chi connectivity index (χ3v) is 4.99. The summed E-state index contributed by atoms with van der Waals surface area (Å²) in [6, 6.07) is -1.16. The third kappa shape index (κ3) is 2.90. The Morgan fingerprint density at radius 2 is 1.91 bits per heavy atom. The van der Waals surface area contributed by atoms with Crippen LogP contribution in [0.3, 0.4) is 0 Å². The minimum atomic E-state index is -4.91. The summed E-state index contributed by atoms with van der Waals surface area (Å²) < 4.78 is 51.5. The summed E-state index contributed by atoms with van der Waals surface area (Å²) in [5, 5.41) is 2.80. The summed E-state index contributed by atoms with van der Waals surface area (Å²) >= 11 is 0. The highest BCUT2D eigenvalue weighted by Crippen LogP contribution is 2.47. The van der Waals surface area contributed by atoms with Gasteiger partial charge in [-0.3, -0.25) is 9.59 Å². The second kappa shape index (κ2) is 5.32. The zero-order chi connectivity index (χ0) is 17.0. The number of nitrogens with one attached hydrogen (secondary N) is 1. The van der Waals surface area contributed by atoms with Crippen LogP contribution in [0.1, 0.15) is 26.2 Å². The van der Waals surface area contributed by atoms with Crippen molar-refractivity contribution in [3.63, 3.8) is 0 Å². The first kappa shape index (κ1) is 16.5. The van der Waals surface area contributed by atoms with Crippen LogP contribution in [0, 0.1) is 0 Å². The van der Waals surface area contributed by atoms with Gasteiger partial charge >= 0.3 is 12.1 Å². The van der Waals surface area contributed by atoms with Crippen LogP contribution in [0.25, 0.3) is 0 Å². The first-order valence-corrected chi connectivity index (χ1v) is 7.71. The van der Waals surface area contributed by atoms with Gasteiger partial charge in [-0.25, -0.2) is 4.39 Å². The van der Waals surface area contributed by atoms with Gasteiger partial charge in [0.1, 0.15) is 6.17 Å². The lowest BCUT2D eigenvalue weighted by Gasteiger charge is -2.46. The average molecular weight is 337 g/mol. The molecule has 23 heavy (non-hydrogen) atoms. The van der Waals surface area contributed by atoms with Crippen molar-refractivity contribution in [3.8, 4) is 0 Å². The maximum atomic E-state index is 13.3. The molecule has 3 rings (SSSR count). The fourth-order valence-corrected chi connectivity index (χ4v) is 3.51. The van der Waals surface area contributed by atoms with Crippen molar-refractivity contribution in [2.75, 3.05) is 19.6 Å². The molecule has 0 aromatic heterocycles. The minimum Gasteiger partial charge on any atom is -0.335 e. The van der Waals surface area contributed by atoms with Gasteiger partial charge < -0.3 is 15.1 Å². The Hall–Kier alpha value is -1.38. The Kier molecular flexibility index (Phi) is 3.81. The van der Waals surface area contributed by atoms with E-state index in [0.717, 1.165) is 4.90 Å². The molecule has 3 aliphatic rings. The molecule has 130 valence electrons. The van der Waals surface area contributed by atoms with Crippen LogP contribution in [0.5, 0.6) is 0 Å². The van der Waals surface area contributed by atoms with Gasteiger partial charge in [-0.15, -0.1) is 0 Å². The minimum absolute atomic E-state index is 0.0836. The second-order valence-corrected chi connectivity index (χ2v) is 6.75. The van der Waals surface area contributed by atoms with Crippen molar-refractivity contribution in [1.82, 2.24) is 15.1 Å². The monoisotopic (exact) mass is 337 g/mol. The Morgan fingerprint density at radius 1 is 1.26 bits per heavy atom. The Balaban J connectivity index is 1.73. The molecule has 1 N–H and O–H groups in total. The molecule has 0 unspecified atom stereocenters. The summed E-state index contributed by atoms with van der Waals surface area (Å²) in [4.78, 5) is 26.5. The molecule has 2 heterocycles. The molecule has 1 aliphatic carbocycles. The number of piperazine rings is 1. The van der Waals surface area contributed by atoms with Crippen molar-refractivity contribution in [1.29, 1.82) is 0 Å². The van der Waals surface area contributed by atoms with Crippen molar-refractivity contribution in [2.24, 2.45) is 0 Å². The van der Waals surface area contributed by atoms with Crippen LogP contribution in [0.2, 0.25) is 0 Å². The van der Waals surface area contributed by atoms with E-state index in [1.165, 1.54) is 4.90 Å². The predicted octanol–water partition coefficient (Wildman–Crippen LogP) is 0.841. The van der Waals surface area contributed by atoms with E-state index in [1.54, 1.807) is 6.92 Å². The number of carbonyl (C=O) groups excluding carboxylic acids is 2. The lowest BCUT2D eigenvalue weighted by molar-refractivity contribution is -0.193. The van der Waals surface area contributed by atoms with E-state index in [0.29, 0.717) is 12.8 Å². The zero-order valence-electron chi connectivity index (χ0n) is 12.7. The largest absolute Gasteiger partial charge is 0.471 e. The molecule has 0 aromatic carbocycles. The van der Waals surface area contributed by atoms with Crippen LogP contribution >= 0.6 is 0 Å². The highest BCUT2D eigenvalue weighted by Gasteiger charge is 2.60. The first-order valence-electron chi connectivity index (χ1n) is 7.71. The van der Waals surface area contributed by atoms with E-state index in [4.69, 9.17) is 0 Å². The molecule has 1 saturated carbocycles. The number of amides is 2. The van der Waals surface area contributed by atoms with Crippen LogP contribution in [0.15, 0.2) is 0 Å².